The van der Waals surface area contributed by atoms with Crippen molar-refractivity contribution in [1.29, 1.82) is 0 Å². The maximum atomic E-state index is 12.7. The molecule has 0 rings (SSSR count). The summed E-state index contributed by atoms with van der Waals surface area (Å²) in [6.07, 6.45) is 35.2. The van der Waals surface area contributed by atoms with Crippen LogP contribution >= 0.6 is 0 Å². The van der Waals surface area contributed by atoms with Gasteiger partial charge >= 0.3 is 17.9 Å². The molecule has 0 unspecified atom stereocenters. The molecule has 1 atom stereocenters. The zero-order valence-corrected chi connectivity index (χ0v) is 34.7. The third-order valence-corrected chi connectivity index (χ3v) is 9.97. The summed E-state index contributed by atoms with van der Waals surface area (Å²) in [7, 11) is 0. The van der Waals surface area contributed by atoms with Gasteiger partial charge in [-0.2, -0.15) is 0 Å². The van der Waals surface area contributed by atoms with Crippen molar-refractivity contribution in [2.24, 2.45) is 11.8 Å². The van der Waals surface area contributed by atoms with Gasteiger partial charge in [-0.15, -0.1) is 0 Å². The second-order valence-corrected chi connectivity index (χ2v) is 16.3. The SMILES string of the molecule is CCCCCCCCCCCC(=O)OC[C@H](COC(=O)CCCCCCCCCC(C)C)OC(=O)CCCCCCCCCCCCCC(C)C. The Hall–Kier alpha value is -1.59. The zero-order chi connectivity index (χ0) is 37.6. The van der Waals surface area contributed by atoms with Crippen molar-refractivity contribution in [2.45, 2.75) is 246 Å². The summed E-state index contributed by atoms with van der Waals surface area (Å²) in [5.74, 6) is 0.743. The van der Waals surface area contributed by atoms with Gasteiger partial charge in [0.2, 0.25) is 0 Å². The molecule has 0 aromatic carbocycles. The quantitative estimate of drug-likeness (QED) is 0.0357. The fourth-order valence-corrected chi connectivity index (χ4v) is 6.58. The molecule has 0 aliphatic heterocycles. The fraction of sp³-hybridized carbons (Fsp3) is 0.933. The molecule has 0 aliphatic carbocycles. The molecule has 0 aromatic rings. The van der Waals surface area contributed by atoms with E-state index in [0.717, 1.165) is 69.6 Å². The van der Waals surface area contributed by atoms with Gasteiger partial charge < -0.3 is 14.2 Å². The lowest BCUT2D eigenvalue weighted by Crippen LogP contribution is -2.30. The van der Waals surface area contributed by atoms with E-state index in [-0.39, 0.29) is 31.1 Å². The predicted octanol–water partition coefficient (Wildman–Crippen LogP) is 13.8. The van der Waals surface area contributed by atoms with E-state index in [2.05, 4.69) is 34.6 Å². The van der Waals surface area contributed by atoms with Gasteiger partial charge in [0, 0.05) is 19.3 Å². The summed E-state index contributed by atoms with van der Waals surface area (Å²) in [5.41, 5.74) is 0. The number of rotatable bonds is 39. The van der Waals surface area contributed by atoms with Gasteiger partial charge in [0.1, 0.15) is 13.2 Å². The summed E-state index contributed by atoms with van der Waals surface area (Å²) in [4.78, 5) is 37.6. The van der Waals surface area contributed by atoms with Crippen LogP contribution in [-0.2, 0) is 28.6 Å². The van der Waals surface area contributed by atoms with E-state index >= 15 is 0 Å². The normalized spacial score (nSPS) is 12.1. The molecule has 0 N–H and O–H groups in total. The maximum Gasteiger partial charge on any atom is 0.306 e. The maximum absolute atomic E-state index is 12.7. The lowest BCUT2D eigenvalue weighted by molar-refractivity contribution is -0.167. The third kappa shape index (κ3) is 39.5. The molecule has 0 amide bonds. The van der Waals surface area contributed by atoms with E-state index in [1.807, 2.05) is 0 Å². The molecule has 6 nitrogen and oxygen atoms in total. The Morgan fingerprint density at radius 3 is 0.961 bits per heavy atom. The average molecular weight is 723 g/mol. The molecule has 0 saturated heterocycles. The minimum absolute atomic E-state index is 0.0657. The number of carbonyl (C=O) groups excluding carboxylic acids is 3. The lowest BCUT2D eigenvalue weighted by atomic mass is 10.0. The van der Waals surface area contributed by atoms with E-state index in [1.165, 1.54) is 128 Å². The second-order valence-electron chi connectivity index (χ2n) is 16.3. The first kappa shape index (κ1) is 49.4. The number of unbranched alkanes of at least 4 members (excludes halogenated alkanes) is 24. The highest BCUT2D eigenvalue weighted by molar-refractivity contribution is 5.71. The summed E-state index contributed by atoms with van der Waals surface area (Å²) in [5, 5.41) is 0. The third-order valence-electron chi connectivity index (χ3n) is 9.97. The summed E-state index contributed by atoms with van der Waals surface area (Å²) in [6.45, 7) is 11.3. The zero-order valence-electron chi connectivity index (χ0n) is 34.7. The highest BCUT2D eigenvalue weighted by Crippen LogP contribution is 2.16. The van der Waals surface area contributed by atoms with Gasteiger partial charge in [-0.1, -0.05) is 202 Å². The molecule has 6 heteroatoms. The molecule has 0 saturated carbocycles. The van der Waals surface area contributed by atoms with Gasteiger partial charge in [-0.3, -0.25) is 14.4 Å². The molecule has 0 aromatic heterocycles. The van der Waals surface area contributed by atoms with Gasteiger partial charge in [0.05, 0.1) is 0 Å². The van der Waals surface area contributed by atoms with Crippen LogP contribution in [0.1, 0.15) is 240 Å². The van der Waals surface area contributed by atoms with Crippen molar-refractivity contribution < 1.29 is 28.6 Å². The van der Waals surface area contributed by atoms with Crippen LogP contribution in [-0.4, -0.2) is 37.2 Å². The van der Waals surface area contributed by atoms with Gasteiger partial charge in [0.15, 0.2) is 6.10 Å². The van der Waals surface area contributed by atoms with Crippen LogP contribution in [0.25, 0.3) is 0 Å². The number of hydrogen-bond donors (Lipinski definition) is 0. The Balaban J connectivity index is 4.32. The fourth-order valence-electron chi connectivity index (χ4n) is 6.58. The second kappa shape index (κ2) is 38.1. The monoisotopic (exact) mass is 723 g/mol. The molecule has 0 aliphatic rings. The first-order valence-electron chi connectivity index (χ1n) is 22.2. The molecular formula is C45H86O6. The summed E-state index contributed by atoms with van der Waals surface area (Å²) < 4.78 is 16.7. The topological polar surface area (TPSA) is 78.9 Å². The highest BCUT2D eigenvalue weighted by atomic mass is 16.6. The molecule has 0 spiro atoms. The Morgan fingerprint density at radius 2 is 0.647 bits per heavy atom. The lowest BCUT2D eigenvalue weighted by Gasteiger charge is -2.18. The van der Waals surface area contributed by atoms with Crippen molar-refractivity contribution >= 4 is 17.9 Å². The van der Waals surface area contributed by atoms with E-state index in [9.17, 15) is 14.4 Å². The van der Waals surface area contributed by atoms with Crippen molar-refractivity contribution in [3.8, 4) is 0 Å². The van der Waals surface area contributed by atoms with Crippen LogP contribution in [0.2, 0.25) is 0 Å². The molecule has 302 valence electrons. The van der Waals surface area contributed by atoms with Crippen LogP contribution < -0.4 is 0 Å². The molecule has 0 fully saturated rings. The van der Waals surface area contributed by atoms with Gasteiger partial charge in [0.25, 0.3) is 0 Å². The van der Waals surface area contributed by atoms with E-state index in [0.29, 0.717) is 19.3 Å². The van der Waals surface area contributed by atoms with Crippen molar-refractivity contribution in [2.75, 3.05) is 13.2 Å². The van der Waals surface area contributed by atoms with Crippen LogP contribution in [0.15, 0.2) is 0 Å². The van der Waals surface area contributed by atoms with E-state index < -0.39 is 6.10 Å². The van der Waals surface area contributed by atoms with Crippen molar-refractivity contribution in [1.82, 2.24) is 0 Å². The van der Waals surface area contributed by atoms with Crippen LogP contribution in [0.5, 0.6) is 0 Å². The number of hydrogen-bond acceptors (Lipinski definition) is 6. The Kier molecular flexibility index (Phi) is 37.0. The van der Waals surface area contributed by atoms with Crippen molar-refractivity contribution in [3.05, 3.63) is 0 Å². The molecule has 0 radical (unpaired) electrons. The standard InChI is InChI=1S/C45H86O6/c1-6-7-8-9-10-14-20-25-30-35-43(46)49-38-42(39-50-44(47)36-31-26-22-17-19-24-29-34-41(4)5)51-45(48)37-32-27-21-16-13-11-12-15-18-23-28-33-40(2)3/h40-42H,6-39H2,1-5H3/t42-/m1/s1. The molecule has 0 heterocycles. The number of ether oxygens (including phenoxy) is 3. The first-order valence-corrected chi connectivity index (χ1v) is 22.2. The summed E-state index contributed by atoms with van der Waals surface area (Å²) in [6, 6.07) is 0. The Morgan fingerprint density at radius 1 is 0.373 bits per heavy atom. The Bertz CT molecular complexity index is 779. The number of esters is 3. The predicted molar refractivity (Wildman–Crippen MR) is 215 cm³/mol. The highest BCUT2D eigenvalue weighted by Gasteiger charge is 2.19. The minimum Gasteiger partial charge on any atom is -0.462 e. The first-order chi connectivity index (χ1) is 24.7. The molecule has 51 heavy (non-hydrogen) atoms. The van der Waals surface area contributed by atoms with Gasteiger partial charge in [-0.25, -0.2) is 0 Å². The smallest absolute Gasteiger partial charge is 0.306 e. The van der Waals surface area contributed by atoms with Crippen LogP contribution in [0.4, 0.5) is 0 Å². The molecular weight excluding hydrogens is 636 g/mol. The average Bonchev–Trinajstić information content (AvgIpc) is 3.09. The summed E-state index contributed by atoms with van der Waals surface area (Å²) >= 11 is 0. The van der Waals surface area contributed by atoms with Crippen molar-refractivity contribution in [3.63, 3.8) is 0 Å². The van der Waals surface area contributed by atoms with E-state index in [1.54, 1.807) is 0 Å². The Labute approximate surface area is 317 Å². The van der Waals surface area contributed by atoms with Crippen LogP contribution in [0.3, 0.4) is 0 Å². The largest absolute Gasteiger partial charge is 0.462 e. The van der Waals surface area contributed by atoms with Crippen LogP contribution in [0, 0.1) is 11.8 Å². The van der Waals surface area contributed by atoms with E-state index in [4.69, 9.17) is 14.2 Å². The molecule has 0 bridgehead atoms. The van der Waals surface area contributed by atoms with Gasteiger partial charge in [-0.05, 0) is 31.1 Å². The minimum atomic E-state index is -0.760. The number of carbonyl (C=O) groups is 3.